The molecule has 1 rings (SSSR count). The Bertz CT molecular complexity index is 385. The van der Waals surface area contributed by atoms with Crippen molar-refractivity contribution in [3.63, 3.8) is 0 Å². The van der Waals surface area contributed by atoms with Crippen LogP contribution in [0.3, 0.4) is 0 Å². The van der Waals surface area contributed by atoms with Gasteiger partial charge in [-0.25, -0.2) is 4.39 Å². The number of nitrogens with one attached hydrogen (secondary N) is 1. The van der Waals surface area contributed by atoms with Gasteiger partial charge in [0.15, 0.2) is 0 Å². The van der Waals surface area contributed by atoms with Crippen molar-refractivity contribution < 1.29 is 4.39 Å². The lowest BCUT2D eigenvalue weighted by atomic mass is 10.1. The molecule has 17 heavy (non-hydrogen) atoms. The summed E-state index contributed by atoms with van der Waals surface area (Å²) in [5, 5.41) is 7.95. The topological polar surface area (TPSA) is 27.1 Å². The summed E-state index contributed by atoms with van der Waals surface area (Å²) in [6, 6.07) is 5.99. The van der Waals surface area contributed by atoms with E-state index in [1.165, 1.54) is 12.1 Å². The average Bonchev–Trinajstić information content (AvgIpc) is 2.30. The first kappa shape index (κ1) is 13.3. The van der Waals surface area contributed by atoms with Gasteiger partial charge in [-0.15, -0.1) is 13.2 Å². The van der Waals surface area contributed by atoms with Crippen LogP contribution >= 0.6 is 0 Å². The van der Waals surface area contributed by atoms with E-state index in [1.807, 2.05) is 4.90 Å². The van der Waals surface area contributed by atoms with Gasteiger partial charge in [0.05, 0.1) is 5.71 Å². The molecule has 90 valence electrons. The average molecular weight is 232 g/mol. The molecule has 0 saturated carbocycles. The van der Waals surface area contributed by atoms with Crippen molar-refractivity contribution in [3.05, 3.63) is 61.0 Å². The number of hydrogen-bond acceptors (Lipinski definition) is 2. The van der Waals surface area contributed by atoms with Crippen LogP contribution in [0, 0.1) is 11.2 Å². The lowest BCUT2D eigenvalue weighted by Gasteiger charge is -2.19. The third kappa shape index (κ3) is 4.33. The maximum absolute atomic E-state index is 12.7. The molecule has 0 saturated heterocycles. The van der Waals surface area contributed by atoms with Crippen LogP contribution in [0.4, 0.5) is 4.39 Å². The largest absolute Gasteiger partial charge is 0.303 e. The second-order valence-electron chi connectivity index (χ2n) is 3.76. The molecule has 0 aliphatic carbocycles. The van der Waals surface area contributed by atoms with Gasteiger partial charge in [-0.05, 0) is 17.7 Å². The van der Waals surface area contributed by atoms with Crippen molar-refractivity contribution in [1.29, 1.82) is 5.41 Å². The summed E-state index contributed by atoms with van der Waals surface area (Å²) in [5.74, 6) is -0.282. The lowest BCUT2D eigenvalue weighted by molar-refractivity contribution is 0.383. The van der Waals surface area contributed by atoms with Crippen LogP contribution in [0.15, 0.2) is 49.6 Å². The van der Waals surface area contributed by atoms with Crippen LogP contribution in [0.2, 0.25) is 0 Å². The number of rotatable bonds is 7. The predicted octanol–water partition coefficient (Wildman–Crippen LogP) is 2.87. The van der Waals surface area contributed by atoms with E-state index in [1.54, 1.807) is 24.3 Å². The summed E-state index contributed by atoms with van der Waals surface area (Å²) in [7, 11) is 0. The molecule has 0 unspecified atom stereocenters. The van der Waals surface area contributed by atoms with E-state index in [4.69, 9.17) is 5.41 Å². The van der Waals surface area contributed by atoms with Gasteiger partial charge in [0.25, 0.3) is 0 Å². The summed E-state index contributed by atoms with van der Waals surface area (Å²) in [6.07, 6.45) is 3.59. The first-order valence-electron chi connectivity index (χ1n) is 5.45. The van der Waals surface area contributed by atoms with E-state index >= 15 is 0 Å². The van der Waals surface area contributed by atoms with Gasteiger partial charge in [-0.3, -0.25) is 4.90 Å². The first-order chi connectivity index (χ1) is 8.17. The smallest absolute Gasteiger partial charge is 0.123 e. The molecule has 2 nitrogen and oxygen atoms in total. The van der Waals surface area contributed by atoms with Gasteiger partial charge < -0.3 is 5.41 Å². The molecular formula is C14H17FN2. The highest BCUT2D eigenvalue weighted by molar-refractivity contribution is 5.99. The third-order valence-corrected chi connectivity index (χ3v) is 2.35. The van der Waals surface area contributed by atoms with Crippen LogP contribution in [-0.4, -0.2) is 30.2 Å². The molecule has 0 spiro atoms. The van der Waals surface area contributed by atoms with E-state index in [0.29, 0.717) is 25.3 Å². The molecule has 0 radical (unpaired) electrons. The summed E-state index contributed by atoms with van der Waals surface area (Å²) in [4.78, 5) is 2.03. The normalized spacial score (nSPS) is 10.2. The van der Waals surface area contributed by atoms with Gasteiger partial charge in [-0.2, -0.15) is 0 Å². The molecule has 0 bridgehead atoms. The zero-order valence-electron chi connectivity index (χ0n) is 9.82. The number of nitrogens with zero attached hydrogens (tertiary/aromatic N) is 1. The fraction of sp³-hybridized carbons (Fsp3) is 0.214. The molecule has 0 heterocycles. The summed E-state index contributed by atoms with van der Waals surface area (Å²) >= 11 is 0. The molecule has 0 fully saturated rings. The molecule has 1 aromatic carbocycles. The molecule has 1 aromatic rings. The van der Waals surface area contributed by atoms with Crippen LogP contribution in [0.1, 0.15) is 5.56 Å². The first-order valence-corrected chi connectivity index (χ1v) is 5.45. The Hall–Kier alpha value is -1.74. The molecule has 0 aromatic heterocycles. The number of hydrogen-bond donors (Lipinski definition) is 1. The standard InChI is InChI=1S/C14H17FN2/c1-3-9-17(10-4-2)11-14(16)12-5-7-13(15)8-6-12/h3-8,16H,1-2,9-11H2. The van der Waals surface area contributed by atoms with Crippen molar-refractivity contribution in [2.75, 3.05) is 19.6 Å². The van der Waals surface area contributed by atoms with Gasteiger partial charge in [-0.1, -0.05) is 24.3 Å². The number of benzene rings is 1. The van der Waals surface area contributed by atoms with E-state index in [0.717, 1.165) is 5.56 Å². The fourth-order valence-electron chi connectivity index (χ4n) is 1.53. The van der Waals surface area contributed by atoms with Gasteiger partial charge in [0, 0.05) is 19.6 Å². The molecule has 0 aliphatic heterocycles. The predicted molar refractivity (Wildman–Crippen MR) is 70.1 cm³/mol. The van der Waals surface area contributed by atoms with Crippen molar-refractivity contribution in [1.82, 2.24) is 4.90 Å². The molecule has 0 amide bonds. The lowest BCUT2D eigenvalue weighted by Crippen LogP contribution is -2.30. The van der Waals surface area contributed by atoms with Crippen molar-refractivity contribution in [3.8, 4) is 0 Å². The molecule has 1 N–H and O–H groups in total. The monoisotopic (exact) mass is 232 g/mol. The molecular weight excluding hydrogens is 215 g/mol. The highest BCUT2D eigenvalue weighted by atomic mass is 19.1. The third-order valence-electron chi connectivity index (χ3n) is 2.35. The van der Waals surface area contributed by atoms with Crippen molar-refractivity contribution in [2.45, 2.75) is 0 Å². The Morgan fingerprint density at radius 2 is 1.71 bits per heavy atom. The highest BCUT2D eigenvalue weighted by Crippen LogP contribution is 2.05. The summed E-state index contributed by atoms with van der Waals surface area (Å²) in [5.41, 5.74) is 1.21. The molecule has 0 aliphatic rings. The second kappa shape index (κ2) is 6.76. The maximum Gasteiger partial charge on any atom is 0.123 e. The zero-order chi connectivity index (χ0) is 12.7. The Morgan fingerprint density at radius 1 is 1.18 bits per heavy atom. The van der Waals surface area contributed by atoms with Crippen LogP contribution in [0.25, 0.3) is 0 Å². The van der Waals surface area contributed by atoms with E-state index < -0.39 is 0 Å². The van der Waals surface area contributed by atoms with Crippen LogP contribution < -0.4 is 0 Å². The van der Waals surface area contributed by atoms with E-state index in [9.17, 15) is 4.39 Å². The minimum Gasteiger partial charge on any atom is -0.303 e. The number of halogens is 1. The van der Waals surface area contributed by atoms with E-state index in [-0.39, 0.29) is 5.82 Å². The van der Waals surface area contributed by atoms with Crippen molar-refractivity contribution >= 4 is 5.71 Å². The van der Waals surface area contributed by atoms with Crippen LogP contribution in [0.5, 0.6) is 0 Å². The van der Waals surface area contributed by atoms with Crippen LogP contribution in [-0.2, 0) is 0 Å². The summed E-state index contributed by atoms with van der Waals surface area (Å²) in [6.45, 7) is 9.27. The van der Waals surface area contributed by atoms with Gasteiger partial charge >= 0.3 is 0 Å². The highest BCUT2D eigenvalue weighted by Gasteiger charge is 2.07. The van der Waals surface area contributed by atoms with E-state index in [2.05, 4.69) is 13.2 Å². The Kier molecular flexibility index (Phi) is 5.30. The maximum atomic E-state index is 12.7. The fourth-order valence-corrected chi connectivity index (χ4v) is 1.53. The van der Waals surface area contributed by atoms with Gasteiger partial charge in [0.1, 0.15) is 5.82 Å². The minimum atomic E-state index is -0.282. The quantitative estimate of drug-likeness (QED) is 0.568. The minimum absolute atomic E-state index is 0.282. The SMILES string of the molecule is C=CCN(CC=C)CC(=N)c1ccc(F)cc1. The Balaban J connectivity index is 2.65. The summed E-state index contributed by atoms with van der Waals surface area (Å²) < 4.78 is 12.7. The second-order valence-corrected chi connectivity index (χ2v) is 3.76. The van der Waals surface area contributed by atoms with Gasteiger partial charge in [0.2, 0.25) is 0 Å². The van der Waals surface area contributed by atoms with Crippen molar-refractivity contribution in [2.24, 2.45) is 0 Å². The Morgan fingerprint density at radius 3 is 2.18 bits per heavy atom. The Labute approximate surface area is 102 Å². The zero-order valence-corrected chi connectivity index (χ0v) is 9.82. The molecule has 3 heteroatoms. The molecule has 0 atom stereocenters.